The van der Waals surface area contributed by atoms with Crippen LogP contribution in [0.25, 0.3) is 0 Å². The number of benzene rings is 2. The Balaban J connectivity index is 1.43. The van der Waals surface area contributed by atoms with Gasteiger partial charge in [0.15, 0.2) is 0 Å². The number of ether oxygens (including phenoxy) is 1. The fourth-order valence-corrected chi connectivity index (χ4v) is 4.75. The van der Waals surface area contributed by atoms with Gasteiger partial charge in [-0.15, -0.1) is 0 Å². The highest BCUT2D eigenvalue weighted by Crippen LogP contribution is 2.49. The van der Waals surface area contributed by atoms with Crippen LogP contribution >= 0.6 is 0 Å². The number of fused-ring (bicyclic) bond motifs is 2. The van der Waals surface area contributed by atoms with Gasteiger partial charge in [-0.3, -0.25) is 4.90 Å². The Bertz CT molecular complexity index is 683. The predicted molar refractivity (Wildman–Crippen MR) is 98.6 cm³/mol. The van der Waals surface area contributed by atoms with Gasteiger partial charge in [-0.1, -0.05) is 42.5 Å². The molecule has 2 atom stereocenters. The van der Waals surface area contributed by atoms with Gasteiger partial charge in [0.05, 0.1) is 7.11 Å². The SMILES string of the molecule is COc1cccc(C23CCC(C2)N(CCc2ccccc2)CC3)c1. The molecule has 1 aliphatic carbocycles. The zero-order chi connectivity index (χ0) is 16.4. The second kappa shape index (κ2) is 6.60. The second-order valence-electron chi connectivity index (χ2n) is 7.43. The van der Waals surface area contributed by atoms with Crippen LogP contribution in [0.15, 0.2) is 54.6 Å². The summed E-state index contributed by atoms with van der Waals surface area (Å²) in [6.07, 6.45) is 6.43. The van der Waals surface area contributed by atoms with Crippen molar-refractivity contribution in [2.24, 2.45) is 0 Å². The van der Waals surface area contributed by atoms with Gasteiger partial charge in [-0.05, 0) is 67.3 Å². The van der Waals surface area contributed by atoms with Gasteiger partial charge in [0, 0.05) is 12.6 Å². The average molecular weight is 321 g/mol. The van der Waals surface area contributed by atoms with E-state index in [-0.39, 0.29) is 0 Å². The first-order chi connectivity index (χ1) is 11.8. The van der Waals surface area contributed by atoms with Crippen molar-refractivity contribution in [3.63, 3.8) is 0 Å². The molecule has 0 aromatic heterocycles. The smallest absolute Gasteiger partial charge is 0.119 e. The molecule has 1 heterocycles. The molecule has 2 aromatic carbocycles. The molecule has 1 saturated heterocycles. The molecule has 2 fully saturated rings. The summed E-state index contributed by atoms with van der Waals surface area (Å²) >= 11 is 0. The van der Waals surface area contributed by atoms with Crippen LogP contribution < -0.4 is 4.74 Å². The minimum atomic E-state index is 0.391. The summed E-state index contributed by atoms with van der Waals surface area (Å²) in [5, 5.41) is 0. The Kier molecular flexibility index (Phi) is 4.32. The summed E-state index contributed by atoms with van der Waals surface area (Å²) in [5.41, 5.74) is 3.34. The van der Waals surface area contributed by atoms with Crippen molar-refractivity contribution in [3.05, 3.63) is 65.7 Å². The number of hydrogen-bond donors (Lipinski definition) is 0. The van der Waals surface area contributed by atoms with E-state index >= 15 is 0 Å². The average Bonchev–Trinajstić information content (AvgIpc) is 3.01. The third-order valence-corrected chi connectivity index (χ3v) is 6.19. The topological polar surface area (TPSA) is 12.5 Å². The maximum Gasteiger partial charge on any atom is 0.119 e. The molecule has 0 radical (unpaired) electrons. The molecule has 2 aromatic rings. The summed E-state index contributed by atoms with van der Waals surface area (Å²) < 4.78 is 5.45. The van der Waals surface area contributed by atoms with E-state index in [0.717, 1.165) is 11.8 Å². The fourth-order valence-electron chi connectivity index (χ4n) is 4.75. The highest BCUT2D eigenvalue weighted by Gasteiger charge is 2.46. The Hall–Kier alpha value is -1.80. The lowest BCUT2D eigenvalue weighted by atomic mass is 9.74. The van der Waals surface area contributed by atoms with Crippen LogP contribution in [0.4, 0.5) is 0 Å². The third-order valence-electron chi connectivity index (χ3n) is 6.19. The monoisotopic (exact) mass is 321 g/mol. The lowest BCUT2D eigenvalue weighted by molar-refractivity contribution is 0.142. The maximum absolute atomic E-state index is 5.45. The van der Waals surface area contributed by atoms with Crippen LogP contribution in [-0.2, 0) is 11.8 Å². The van der Waals surface area contributed by atoms with Gasteiger partial charge in [0.25, 0.3) is 0 Å². The molecule has 2 heteroatoms. The van der Waals surface area contributed by atoms with E-state index in [1.807, 2.05) is 0 Å². The Morgan fingerprint density at radius 3 is 2.79 bits per heavy atom. The van der Waals surface area contributed by atoms with Gasteiger partial charge in [0.1, 0.15) is 5.75 Å². The normalized spacial score (nSPS) is 26.5. The molecule has 2 unspecified atom stereocenters. The fraction of sp³-hybridized carbons (Fsp3) is 0.455. The highest BCUT2D eigenvalue weighted by atomic mass is 16.5. The molecule has 4 rings (SSSR count). The van der Waals surface area contributed by atoms with E-state index in [9.17, 15) is 0 Å². The molecule has 126 valence electrons. The van der Waals surface area contributed by atoms with Gasteiger partial charge >= 0.3 is 0 Å². The Labute approximate surface area is 145 Å². The van der Waals surface area contributed by atoms with Crippen LogP contribution in [0.2, 0.25) is 0 Å². The second-order valence-corrected chi connectivity index (χ2v) is 7.43. The number of hydrogen-bond acceptors (Lipinski definition) is 2. The van der Waals surface area contributed by atoms with Crippen molar-refractivity contribution >= 4 is 0 Å². The van der Waals surface area contributed by atoms with Crippen LogP contribution in [0.5, 0.6) is 5.75 Å². The Morgan fingerprint density at radius 1 is 1.08 bits per heavy atom. The maximum atomic E-state index is 5.45. The van der Waals surface area contributed by atoms with E-state index in [1.165, 1.54) is 56.3 Å². The lowest BCUT2D eigenvalue weighted by Gasteiger charge is -2.40. The first-order valence-corrected chi connectivity index (χ1v) is 9.22. The summed E-state index contributed by atoms with van der Waals surface area (Å²) in [5.74, 6) is 0.997. The number of likely N-dealkylation sites (tertiary alicyclic amines) is 1. The van der Waals surface area contributed by atoms with E-state index < -0.39 is 0 Å². The zero-order valence-corrected chi connectivity index (χ0v) is 14.6. The quantitative estimate of drug-likeness (QED) is 0.807. The molecule has 0 spiro atoms. The molecule has 1 aliphatic heterocycles. The van der Waals surface area contributed by atoms with Crippen molar-refractivity contribution < 1.29 is 4.74 Å². The van der Waals surface area contributed by atoms with Crippen molar-refractivity contribution in [1.29, 1.82) is 0 Å². The molecule has 0 amide bonds. The van der Waals surface area contributed by atoms with Crippen molar-refractivity contribution in [3.8, 4) is 5.75 Å². The number of piperidine rings is 1. The first-order valence-electron chi connectivity index (χ1n) is 9.22. The summed E-state index contributed by atoms with van der Waals surface area (Å²) in [6.45, 7) is 2.43. The van der Waals surface area contributed by atoms with Crippen molar-refractivity contribution in [2.75, 3.05) is 20.2 Å². The summed E-state index contributed by atoms with van der Waals surface area (Å²) in [7, 11) is 1.76. The third kappa shape index (κ3) is 2.95. The van der Waals surface area contributed by atoms with Crippen molar-refractivity contribution in [1.82, 2.24) is 4.90 Å². The number of rotatable bonds is 5. The van der Waals surface area contributed by atoms with Crippen molar-refractivity contribution in [2.45, 2.75) is 43.6 Å². The van der Waals surface area contributed by atoms with Crippen LogP contribution in [0.1, 0.15) is 36.8 Å². The summed E-state index contributed by atoms with van der Waals surface area (Å²) in [4.78, 5) is 2.73. The van der Waals surface area contributed by atoms with E-state index in [0.29, 0.717) is 5.41 Å². The molecule has 0 N–H and O–H groups in total. The van der Waals surface area contributed by atoms with E-state index in [1.54, 1.807) is 7.11 Å². The molecule has 2 bridgehead atoms. The first kappa shape index (κ1) is 15.7. The zero-order valence-electron chi connectivity index (χ0n) is 14.6. The lowest BCUT2D eigenvalue weighted by Crippen LogP contribution is -2.43. The summed E-state index contributed by atoms with van der Waals surface area (Å²) in [6, 6.07) is 20.4. The van der Waals surface area contributed by atoms with Crippen LogP contribution in [0, 0.1) is 0 Å². The molecular formula is C22H27NO. The van der Waals surface area contributed by atoms with E-state index in [4.69, 9.17) is 4.74 Å². The molecular weight excluding hydrogens is 294 g/mol. The van der Waals surface area contributed by atoms with E-state index in [2.05, 4.69) is 59.5 Å². The largest absolute Gasteiger partial charge is 0.497 e. The standard InChI is InChI=1S/C22H27NO/c1-24-21-9-5-8-19(16-21)22-12-10-20(17-22)23(15-13-22)14-11-18-6-3-2-4-7-18/h2-9,16,20H,10-15,17H2,1H3. The predicted octanol–water partition coefficient (Wildman–Crippen LogP) is 4.43. The van der Waals surface area contributed by atoms with Crippen LogP contribution in [0.3, 0.4) is 0 Å². The minimum absolute atomic E-state index is 0.391. The van der Waals surface area contributed by atoms with Gasteiger partial charge in [-0.2, -0.15) is 0 Å². The number of nitrogens with zero attached hydrogens (tertiary/aromatic N) is 1. The van der Waals surface area contributed by atoms with Crippen LogP contribution in [-0.4, -0.2) is 31.1 Å². The molecule has 1 saturated carbocycles. The van der Waals surface area contributed by atoms with Gasteiger partial charge in [0.2, 0.25) is 0 Å². The number of methoxy groups -OCH3 is 1. The highest BCUT2D eigenvalue weighted by molar-refractivity contribution is 5.36. The molecule has 2 nitrogen and oxygen atoms in total. The minimum Gasteiger partial charge on any atom is -0.497 e. The van der Waals surface area contributed by atoms with Gasteiger partial charge < -0.3 is 4.74 Å². The Morgan fingerprint density at radius 2 is 1.96 bits per heavy atom. The molecule has 2 aliphatic rings. The van der Waals surface area contributed by atoms with Gasteiger partial charge in [-0.25, -0.2) is 0 Å². The molecule has 24 heavy (non-hydrogen) atoms.